The van der Waals surface area contributed by atoms with Crippen LogP contribution in [-0.2, 0) is 21.4 Å². The summed E-state index contributed by atoms with van der Waals surface area (Å²) in [6.45, 7) is 1.42. The molecule has 2 aromatic carbocycles. The van der Waals surface area contributed by atoms with Crippen molar-refractivity contribution in [2.45, 2.75) is 13.5 Å². The van der Waals surface area contributed by atoms with Crippen LogP contribution in [0.1, 0.15) is 11.1 Å². The Bertz CT molecular complexity index is 933. The van der Waals surface area contributed by atoms with Gasteiger partial charge in [0.25, 0.3) is 0 Å². The predicted molar refractivity (Wildman–Crippen MR) is 107 cm³/mol. The maximum atomic E-state index is 12.3. The van der Waals surface area contributed by atoms with Gasteiger partial charge < -0.3 is 5.32 Å². The van der Waals surface area contributed by atoms with E-state index in [9.17, 15) is 13.2 Å². The average molecular weight is 436 g/mol. The first kappa shape index (κ1) is 21.0. The van der Waals surface area contributed by atoms with E-state index in [2.05, 4.69) is 5.32 Å². The number of nitrogens with zero attached hydrogens (tertiary/aromatic N) is 1. The first-order chi connectivity index (χ1) is 12.1. The first-order valence-corrected chi connectivity index (χ1v) is 10.5. The van der Waals surface area contributed by atoms with Crippen molar-refractivity contribution in [2.24, 2.45) is 0 Å². The molecule has 0 spiro atoms. The summed E-state index contributed by atoms with van der Waals surface area (Å²) < 4.78 is 25.2. The Labute approximate surface area is 167 Å². The molecule has 0 aliphatic rings. The standard InChI is InChI=1S/C17H17Cl3N2O3S/c1-11-13(18)4-3-5-16(11)21-17(23)10-22(26(2,24)25)9-12-6-7-14(19)15(20)8-12/h3-8H,9-10H2,1-2H3,(H,21,23). The number of hydrogen-bond acceptors (Lipinski definition) is 3. The molecule has 1 N–H and O–H groups in total. The molecule has 9 heteroatoms. The van der Waals surface area contributed by atoms with E-state index >= 15 is 0 Å². The van der Waals surface area contributed by atoms with Crippen molar-refractivity contribution in [2.75, 3.05) is 18.1 Å². The molecular weight excluding hydrogens is 419 g/mol. The van der Waals surface area contributed by atoms with Gasteiger partial charge in [0.2, 0.25) is 15.9 Å². The molecule has 2 aromatic rings. The fraction of sp³-hybridized carbons (Fsp3) is 0.235. The predicted octanol–water partition coefficient (Wildman–Crippen LogP) is 4.36. The molecule has 0 bridgehead atoms. The third-order valence-corrected chi connectivity index (χ3v) is 6.02. The van der Waals surface area contributed by atoms with Crippen LogP contribution in [0.15, 0.2) is 36.4 Å². The van der Waals surface area contributed by atoms with Crippen LogP contribution in [0.3, 0.4) is 0 Å². The Kier molecular flexibility index (Phi) is 6.93. The smallest absolute Gasteiger partial charge is 0.239 e. The minimum Gasteiger partial charge on any atom is -0.325 e. The van der Waals surface area contributed by atoms with Crippen LogP contribution < -0.4 is 5.32 Å². The van der Waals surface area contributed by atoms with Crippen LogP contribution in [-0.4, -0.2) is 31.4 Å². The van der Waals surface area contributed by atoms with E-state index in [1.165, 1.54) is 0 Å². The van der Waals surface area contributed by atoms with Gasteiger partial charge in [-0.1, -0.05) is 46.9 Å². The lowest BCUT2D eigenvalue weighted by atomic mass is 10.2. The molecule has 0 saturated carbocycles. The lowest BCUT2D eigenvalue weighted by Crippen LogP contribution is -2.37. The summed E-state index contributed by atoms with van der Waals surface area (Å²) in [6.07, 6.45) is 1.04. The third kappa shape index (κ3) is 5.59. The van der Waals surface area contributed by atoms with Gasteiger partial charge in [-0.05, 0) is 42.3 Å². The van der Waals surface area contributed by atoms with Gasteiger partial charge in [-0.3, -0.25) is 4.79 Å². The SMILES string of the molecule is Cc1c(Cl)cccc1NC(=O)CN(Cc1ccc(Cl)c(Cl)c1)S(C)(=O)=O. The molecular formula is C17H17Cl3N2O3S. The summed E-state index contributed by atoms with van der Waals surface area (Å²) in [4.78, 5) is 12.3. The molecule has 0 aliphatic heterocycles. The topological polar surface area (TPSA) is 66.5 Å². The van der Waals surface area contributed by atoms with E-state index < -0.39 is 15.9 Å². The summed E-state index contributed by atoms with van der Waals surface area (Å²) in [5.74, 6) is -0.471. The largest absolute Gasteiger partial charge is 0.325 e. The highest BCUT2D eigenvalue weighted by Gasteiger charge is 2.21. The van der Waals surface area contributed by atoms with Gasteiger partial charge >= 0.3 is 0 Å². The molecule has 0 radical (unpaired) electrons. The molecule has 0 heterocycles. The number of nitrogens with one attached hydrogen (secondary N) is 1. The molecule has 0 atom stereocenters. The fourth-order valence-corrected chi connectivity index (χ4v) is 3.46. The molecule has 2 rings (SSSR count). The van der Waals surface area contributed by atoms with Crippen LogP contribution in [0, 0.1) is 6.92 Å². The summed E-state index contributed by atoms with van der Waals surface area (Å²) in [5.41, 5.74) is 1.86. The van der Waals surface area contributed by atoms with Crippen LogP contribution in [0.25, 0.3) is 0 Å². The van der Waals surface area contributed by atoms with Gasteiger partial charge in [-0.25, -0.2) is 8.42 Å². The van der Waals surface area contributed by atoms with Gasteiger partial charge in [0, 0.05) is 17.3 Å². The van der Waals surface area contributed by atoms with Crippen LogP contribution in [0.2, 0.25) is 15.1 Å². The maximum absolute atomic E-state index is 12.3. The van der Waals surface area contributed by atoms with Crippen molar-refractivity contribution >= 4 is 56.4 Å². The normalized spacial score (nSPS) is 11.6. The number of carbonyl (C=O) groups excluding carboxylic acids is 1. The molecule has 0 unspecified atom stereocenters. The van der Waals surface area contributed by atoms with Crippen molar-refractivity contribution in [3.05, 3.63) is 62.6 Å². The molecule has 0 fully saturated rings. The van der Waals surface area contributed by atoms with E-state index in [0.29, 0.717) is 31.9 Å². The Morgan fingerprint density at radius 2 is 1.77 bits per heavy atom. The number of amides is 1. The second kappa shape index (κ2) is 8.59. The highest BCUT2D eigenvalue weighted by molar-refractivity contribution is 7.88. The van der Waals surface area contributed by atoms with Crippen molar-refractivity contribution in [3.63, 3.8) is 0 Å². The third-order valence-electron chi connectivity index (χ3n) is 3.67. The number of anilines is 1. The quantitative estimate of drug-likeness (QED) is 0.733. The molecule has 26 heavy (non-hydrogen) atoms. The molecule has 0 aromatic heterocycles. The number of rotatable bonds is 6. The number of sulfonamides is 1. The van der Waals surface area contributed by atoms with Gasteiger partial charge in [-0.15, -0.1) is 0 Å². The highest BCUT2D eigenvalue weighted by Crippen LogP contribution is 2.24. The van der Waals surface area contributed by atoms with E-state index in [4.69, 9.17) is 34.8 Å². The molecule has 0 saturated heterocycles. The lowest BCUT2D eigenvalue weighted by molar-refractivity contribution is -0.116. The molecule has 0 aliphatic carbocycles. The van der Waals surface area contributed by atoms with Crippen molar-refractivity contribution in [3.8, 4) is 0 Å². The van der Waals surface area contributed by atoms with Crippen LogP contribution >= 0.6 is 34.8 Å². The maximum Gasteiger partial charge on any atom is 0.239 e. The van der Waals surface area contributed by atoms with Crippen molar-refractivity contribution in [1.82, 2.24) is 4.31 Å². The molecule has 1 amide bonds. The number of halogens is 3. The zero-order valence-electron chi connectivity index (χ0n) is 14.1. The minimum absolute atomic E-state index is 0.00231. The second-order valence-electron chi connectivity index (χ2n) is 5.74. The summed E-state index contributed by atoms with van der Waals surface area (Å²) in [5, 5.41) is 3.88. The zero-order valence-corrected chi connectivity index (χ0v) is 17.2. The molecule has 140 valence electrons. The lowest BCUT2D eigenvalue weighted by Gasteiger charge is -2.20. The van der Waals surface area contributed by atoms with Gasteiger partial charge in [0.15, 0.2) is 0 Å². The van der Waals surface area contributed by atoms with Crippen LogP contribution in [0.5, 0.6) is 0 Å². The van der Waals surface area contributed by atoms with E-state index in [0.717, 1.165) is 10.6 Å². The van der Waals surface area contributed by atoms with Crippen LogP contribution in [0.4, 0.5) is 5.69 Å². The second-order valence-corrected chi connectivity index (χ2v) is 8.94. The monoisotopic (exact) mass is 434 g/mol. The van der Waals surface area contributed by atoms with E-state index in [-0.39, 0.29) is 13.1 Å². The summed E-state index contributed by atoms with van der Waals surface area (Å²) >= 11 is 17.9. The highest BCUT2D eigenvalue weighted by atomic mass is 35.5. The minimum atomic E-state index is -3.62. The Hall–Kier alpha value is -1.31. The Morgan fingerprint density at radius 1 is 1.08 bits per heavy atom. The number of hydrogen-bond donors (Lipinski definition) is 1. The Balaban J connectivity index is 2.16. The first-order valence-electron chi connectivity index (χ1n) is 7.52. The van der Waals surface area contributed by atoms with Crippen molar-refractivity contribution < 1.29 is 13.2 Å². The summed E-state index contributed by atoms with van der Waals surface area (Å²) in [6, 6.07) is 9.92. The fourth-order valence-electron chi connectivity index (χ4n) is 2.22. The van der Waals surface area contributed by atoms with Gasteiger partial charge in [0.05, 0.1) is 22.8 Å². The zero-order chi connectivity index (χ0) is 19.5. The van der Waals surface area contributed by atoms with Crippen molar-refractivity contribution in [1.29, 1.82) is 0 Å². The molecule has 5 nitrogen and oxygen atoms in total. The number of benzene rings is 2. The summed E-state index contributed by atoms with van der Waals surface area (Å²) in [7, 11) is -3.62. The average Bonchev–Trinajstić information content (AvgIpc) is 2.54. The van der Waals surface area contributed by atoms with Gasteiger partial charge in [0.1, 0.15) is 0 Å². The van der Waals surface area contributed by atoms with E-state index in [1.807, 2.05) is 0 Å². The van der Waals surface area contributed by atoms with Gasteiger partial charge in [-0.2, -0.15) is 4.31 Å². The van der Waals surface area contributed by atoms with E-state index in [1.54, 1.807) is 43.3 Å². The number of carbonyl (C=O) groups is 1. The Morgan fingerprint density at radius 3 is 2.38 bits per heavy atom.